The number of fused-ring (bicyclic) bond motifs is 13. The van der Waals surface area contributed by atoms with Gasteiger partial charge in [-0.25, -0.2) is 0 Å². The van der Waals surface area contributed by atoms with E-state index in [0.29, 0.717) is 0 Å². The van der Waals surface area contributed by atoms with E-state index in [1.807, 2.05) is 0 Å². The Morgan fingerprint density at radius 3 is 1.43 bits per heavy atom. The minimum absolute atomic E-state index is 0.198. The van der Waals surface area contributed by atoms with Crippen LogP contribution in [0.5, 0.6) is 0 Å². The van der Waals surface area contributed by atoms with Gasteiger partial charge < -0.3 is 9.13 Å². The first-order chi connectivity index (χ1) is 29.8. The summed E-state index contributed by atoms with van der Waals surface area (Å²) in [5.41, 5.74) is 11.0. The Bertz CT molecular complexity index is 3680. The van der Waals surface area contributed by atoms with E-state index in [9.17, 15) is 0 Å². The highest BCUT2D eigenvalue weighted by Gasteiger charge is 2.24. The van der Waals surface area contributed by atoms with Crippen molar-refractivity contribution >= 4 is 86.7 Å². The quantitative estimate of drug-likeness (QED) is 0.158. The van der Waals surface area contributed by atoms with E-state index in [2.05, 4.69) is 221 Å². The zero-order valence-corrected chi connectivity index (χ0v) is 32.9. The molecule has 12 aromatic rings. The van der Waals surface area contributed by atoms with Crippen LogP contribution in [0.15, 0.2) is 212 Å². The summed E-state index contributed by atoms with van der Waals surface area (Å²) in [7, 11) is 0. The molecule has 1 aliphatic rings. The molecule has 0 saturated heterocycles. The predicted molar refractivity (Wildman–Crippen MR) is 257 cm³/mol. The largest absolute Gasteiger partial charge is 0.331 e. The van der Waals surface area contributed by atoms with E-state index in [1.165, 1.54) is 109 Å². The van der Waals surface area contributed by atoms with Gasteiger partial charge in [-0.2, -0.15) is 0 Å². The summed E-state index contributed by atoms with van der Waals surface area (Å²) in [5, 5.41) is 15.2. The maximum atomic E-state index is 2.61. The summed E-state index contributed by atoms with van der Waals surface area (Å²) in [6.07, 6.45) is 10.0. The van der Waals surface area contributed by atoms with Gasteiger partial charge in [0.1, 0.15) is 0 Å². The number of hydrogen-bond acceptors (Lipinski definition) is 0. The summed E-state index contributed by atoms with van der Waals surface area (Å²) < 4.78 is 5.19. The second kappa shape index (κ2) is 12.9. The van der Waals surface area contributed by atoms with Gasteiger partial charge in [0.15, 0.2) is 0 Å². The molecule has 2 nitrogen and oxygen atoms in total. The van der Waals surface area contributed by atoms with Crippen molar-refractivity contribution < 1.29 is 0 Å². The number of benzene rings is 10. The minimum Gasteiger partial charge on any atom is -0.331 e. The standard InChI is InChI=1S/C58H38N2/c1-2-18-41(19-3-1)59-55-28-14-12-26-49(55)51-30-31-52-50-27-13-15-29-56(50)60(58(52)57(51)59)42-33-39(53-35-37-16-4-6-20-43(37)45-22-8-10-24-47(45)53)32-40(34-42)54-36-38-17-5-7-21-44(38)46-23-9-11-25-48(46)54/h1-18,20-36,41H,19H2. The fourth-order valence-corrected chi connectivity index (χ4v) is 10.5. The van der Waals surface area contributed by atoms with Crippen molar-refractivity contribution in [1.82, 2.24) is 9.13 Å². The monoisotopic (exact) mass is 762 g/mol. The van der Waals surface area contributed by atoms with Crippen LogP contribution in [0.25, 0.3) is 115 Å². The number of nitrogens with zero attached hydrogens (tertiary/aromatic N) is 2. The van der Waals surface area contributed by atoms with Crippen LogP contribution in [0, 0.1) is 0 Å². The Kier molecular flexibility index (Phi) is 7.17. The van der Waals surface area contributed by atoms with Crippen molar-refractivity contribution in [1.29, 1.82) is 0 Å². The molecule has 0 spiro atoms. The summed E-state index contributed by atoms with van der Waals surface area (Å²) in [6, 6.07) is 70.5. The van der Waals surface area contributed by atoms with E-state index in [1.54, 1.807) is 0 Å². The molecule has 280 valence electrons. The third-order valence-electron chi connectivity index (χ3n) is 13.1. The molecule has 1 unspecified atom stereocenters. The smallest absolute Gasteiger partial charge is 0.0785 e. The van der Waals surface area contributed by atoms with Crippen molar-refractivity contribution in [2.75, 3.05) is 0 Å². The maximum absolute atomic E-state index is 2.61. The first-order valence-electron chi connectivity index (χ1n) is 21.0. The lowest BCUT2D eigenvalue weighted by Gasteiger charge is -2.20. The fraction of sp³-hybridized carbons (Fsp3) is 0.0345. The van der Waals surface area contributed by atoms with Gasteiger partial charge in [0.25, 0.3) is 0 Å². The van der Waals surface area contributed by atoms with Gasteiger partial charge in [-0.3, -0.25) is 0 Å². The van der Waals surface area contributed by atoms with Gasteiger partial charge in [0.05, 0.1) is 22.6 Å². The average molecular weight is 763 g/mol. The Balaban J connectivity index is 1.21. The van der Waals surface area contributed by atoms with Crippen LogP contribution in [0.4, 0.5) is 0 Å². The lowest BCUT2D eigenvalue weighted by Crippen LogP contribution is -2.08. The Labute approximate surface area is 347 Å². The summed E-state index contributed by atoms with van der Waals surface area (Å²) in [6.45, 7) is 0. The second-order valence-electron chi connectivity index (χ2n) is 16.4. The van der Waals surface area contributed by atoms with Gasteiger partial charge in [-0.05, 0) is 114 Å². The zero-order chi connectivity index (χ0) is 39.3. The fourth-order valence-electron chi connectivity index (χ4n) is 10.5. The van der Waals surface area contributed by atoms with Gasteiger partial charge in [0.2, 0.25) is 0 Å². The highest BCUT2D eigenvalue weighted by Crippen LogP contribution is 2.45. The van der Waals surface area contributed by atoms with E-state index in [0.717, 1.165) is 12.1 Å². The van der Waals surface area contributed by atoms with Crippen molar-refractivity contribution in [3.8, 4) is 27.9 Å². The molecule has 10 aromatic carbocycles. The molecule has 2 aromatic heterocycles. The summed E-state index contributed by atoms with van der Waals surface area (Å²) in [4.78, 5) is 0. The number of allylic oxidation sites excluding steroid dienone is 4. The lowest BCUT2D eigenvalue weighted by molar-refractivity contribution is 0.648. The molecule has 13 rings (SSSR count). The van der Waals surface area contributed by atoms with Crippen LogP contribution in [-0.4, -0.2) is 9.13 Å². The summed E-state index contributed by atoms with van der Waals surface area (Å²) in [5.74, 6) is 0. The molecule has 1 atom stereocenters. The summed E-state index contributed by atoms with van der Waals surface area (Å²) >= 11 is 0. The number of para-hydroxylation sites is 2. The van der Waals surface area contributed by atoms with Gasteiger partial charge >= 0.3 is 0 Å². The SMILES string of the molecule is C1=CCC(n2c3ccccc3c3ccc4c5ccccc5n(-c5cc(-c6cc7ccccc7c7ccccc67)cc(-c6cc7ccccc7c7ccccc67)c5)c4c32)C=C1. The molecule has 0 fully saturated rings. The van der Waals surface area contributed by atoms with E-state index in [4.69, 9.17) is 0 Å². The van der Waals surface area contributed by atoms with E-state index in [-0.39, 0.29) is 6.04 Å². The van der Waals surface area contributed by atoms with Crippen LogP contribution in [-0.2, 0) is 0 Å². The third-order valence-corrected chi connectivity index (χ3v) is 13.1. The van der Waals surface area contributed by atoms with Crippen molar-refractivity contribution in [3.05, 3.63) is 212 Å². The Hall–Kier alpha value is -7.68. The molecular weight excluding hydrogens is 725 g/mol. The molecular formula is C58H38N2. The van der Waals surface area contributed by atoms with Crippen LogP contribution in [0.3, 0.4) is 0 Å². The number of rotatable bonds is 4. The first-order valence-corrected chi connectivity index (χ1v) is 21.0. The molecule has 1 aliphatic carbocycles. The Morgan fingerprint density at radius 1 is 0.367 bits per heavy atom. The Morgan fingerprint density at radius 2 is 0.850 bits per heavy atom. The number of aromatic nitrogens is 2. The lowest BCUT2D eigenvalue weighted by atomic mass is 9.89. The molecule has 0 radical (unpaired) electrons. The molecule has 0 bridgehead atoms. The predicted octanol–water partition coefficient (Wildman–Crippen LogP) is 15.9. The topological polar surface area (TPSA) is 9.86 Å². The second-order valence-corrected chi connectivity index (χ2v) is 16.4. The molecule has 60 heavy (non-hydrogen) atoms. The molecule has 0 saturated carbocycles. The molecule has 2 heteroatoms. The van der Waals surface area contributed by atoms with Gasteiger partial charge in [-0.1, -0.05) is 170 Å². The van der Waals surface area contributed by atoms with Crippen LogP contribution in [0.2, 0.25) is 0 Å². The number of hydrogen-bond donors (Lipinski definition) is 0. The molecule has 0 aliphatic heterocycles. The van der Waals surface area contributed by atoms with E-state index >= 15 is 0 Å². The highest BCUT2D eigenvalue weighted by atomic mass is 15.1. The average Bonchev–Trinajstić information content (AvgIpc) is 3.84. The molecule has 0 N–H and O–H groups in total. The van der Waals surface area contributed by atoms with Gasteiger partial charge in [-0.15, -0.1) is 0 Å². The minimum atomic E-state index is 0.198. The normalized spacial score (nSPS) is 14.3. The third kappa shape index (κ3) is 4.82. The van der Waals surface area contributed by atoms with Crippen LogP contribution < -0.4 is 0 Å². The van der Waals surface area contributed by atoms with Gasteiger partial charge in [0, 0.05) is 32.7 Å². The van der Waals surface area contributed by atoms with Crippen molar-refractivity contribution in [2.45, 2.75) is 12.5 Å². The maximum Gasteiger partial charge on any atom is 0.0785 e. The zero-order valence-electron chi connectivity index (χ0n) is 32.9. The van der Waals surface area contributed by atoms with Crippen LogP contribution >= 0.6 is 0 Å². The first kappa shape index (κ1) is 33.3. The van der Waals surface area contributed by atoms with E-state index < -0.39 is 0 Å². The molecule has 0 amide bonds. The molecule has 2 heterocycles. The highest BCUT2D eigenvalue weighted by molar-refractivity contribution is 6.24. The van der Waals surface area contributed by atoms with Crippen molar-refractivity contribution in [2.24, 2.45) is 0 Å². The van der Waals surface area contributed by atoms with Crippen molar-refractivity contribution in [3.63, 3.8) is 0 Å². The van der Waals surface area contributed by atoms with Crippen LogP contribution in [0.1, 0.15) is 12.5 Å².